The molecule has 112 valence electrons. The van der Waals surface area contributed by atoms with Gasteiger partial charge in [0.2, 0.25) is 11.9 Å². The van der Waals surface area contributed by atoms with E-state index < -0.39 is 5.95 Å². The van der Waals surface area contributed by atoms with Crippen LogP contribution in [0, 0.1) is 0 Å². The van der Waals surface area contributed by atoms with Gasteiger partial charge in [-0.05, 0) is 18.7 Å². The third-order valence-corrected chi connectivity index (χ3v) is 3.37. The lowest BCUT2D eigenvalue weighted by Gasteiger charge is -2.35. The van der Waals surface area contributed by atoms with E-state index in [0.29, 0.717) is 18.8 Å². The summed E-state index contributed by atoms with van der Waals surface area (Å²) in [4.78, 5) is 15.5. The van der Waals surface area contributed by atoms with Crippen molar-refractivity contribution in [2.45, 2.75) is 6.92 Å². The van der Waals surface area contributed by atoms with Gasteiger partial charge in [0.1, 0.15) is 0 Å². The first-order chi connectivity index (χ1) is 9.49. The van der Waals surface area contributed by atoms with Gasteiger partial charge in [-0.2, -0.15) is 4.39 Å². The lowest BCUT2D eigenvalue weighted by Crippen LogP contribution is -2.45. The van der Waals surface area contributed by atoms with Gasteiger partial charge in [-0.15, -0.1) is 0 Å². The van der Waals surface area contributed by atoms with Gasteiger partial charge < -0.3 is 20.9 Å². The van der Waals surface area contributed by atoms with Crippen LogP contribution >= 0.6 is 0 Å². The van der Waals surface area contributed by atoms with E-state index in [1.54, 1.807) is 0 Å². The Morgan fingerprint density at radius 2 is 1.95 bits per heavy atom. The number of likely N-dealkylation sites (N-methyl/N-ethyl adjacent to an activating group) is 2. The number of hydrogen-bond donors (Lipinski definition) is 2. The fourth-order valence-corrected chi connectivity index (χ4v) is 2.06. The molecule has 6 heteroatoms. The number of allylic oxidation sites excluding steroid dienone is 1. The summed E-state index contributed by atoms with van der Waals surface area (Å²) >= 11 is 0. The summed E-state index contributed by atoms with van der Waals surface area (Å²) in [5, 5.41) is 2.46. The van der Waals surface area contributed by atoms with Gasteiger partial charge in [0.25, 0.3) is 0 Å². The molecule has 1 heterocycles. The van der Waals surface area contributed by atoms with Crippen LogP contribution in [-0.2, 0) is 4.79 Å². The molecule has 1 rings (SSSR count). The zero-order valence-corrected chi connectivity index (χ0v) is 12.2. The summed E-state index contributed by atoms with van der Waals surface area (Å²) in [7, 11) is 1.52. The summed E-state index contributed by atoms with van der Waals surface area (Å²) < 4.78 is 13.5. The Morgan fingerprint density at radius 3 is 2.40 bits per heavy atom. The number of hydrogen-bond acceptors (Lipinski definition) is 4. The molecule has 0 unspecified atom stereocenters. The minimum absolute atomic E-state index is 0.262. The molecule has 1 fully saturated rings. The first-order valence-electron chi connectivity index (χ1n) is 6.71. The zero-order valence-electron chi connectivity index (χ0n) is 12.2. The van der Waals surface area contributed by atoms with Gasteiger partial charge in [-0.25, -0.2) is 0 Å². The summed E-state index contributed by atoms with van der Waals surface area (Å²) in [5.41, 5.74) is 5.88. The zero-order chi connectivity index (χ0) is 15.1. The highest BCUT2D eigenvalue weighted by Gasteiger charge is 2.18. The van der Waals surface area contributed by atoms with Crippen molar-refractivity contribution in [2.75, 3.05) is 39.8 Å². The third-order valence-electron chi connectivity index (χ3n) is 3.37. The van der Waals surface area contributed by atoms with Crippen LogP contribution < -0.4 is 11.1 Å². The molecule has 20 heavy (non-hydrogen) atoms. The molecule has 0 atom stereocenters. The molecule has 0 radical (unpaired) electrons. The smallest absolute Gasteiger partial charge is 0.250 e. The van der Waals surface area contributed by atoms with Crippen LogP contribution in [0.4, 0.5) is 4.39 Å². The van der Waals surface area contributed by atoms with Crippen molar-refractivity contribution in [3.63, 3.8) is 0 Å². The summed E-state index contributed by atoms with van der Waals surface area (Å²) in [6.07, 6.45) is 2.99. The third kappa shape index (κ3) is 4.38. The molecule has 3 N–H and O–H groups in total. The van der Waals surface area contributed by atoms with E-state index in [4.69, 9.17) is 5.73 Å². The fraction of sp³-hybridized carbons (Fsp3) is 0.500. The van der Waals surface area contributed by atoms with Crippen molar-refractivity contribution in [1.82, 2.24) is 15.1 Å². The van der Waals surface area contributed by atoms with E-state index >= 15 is 0 Å². The monoisotopic (exact) mass is 282 g/mol. The van der Waals surface area contributed by atoms with E-state index in [1.165, 1.54) is 19.2 Å². The number of nitrogens with two attached hydrogens (primary N) is 1. The van der Waals surface area contributed by atoms with Crippen molar-refractivity contribution >= 4 is 5.91 Å². The second-order valence-electron chi connectivity index (χ2n) is 4.59. The van der Waals surface area contributed by atoms with E-state index in [2.05, 4.69) is 23.7 Å². The minimum Gasteiger partial charge on any atom is -0.374 e. The average molecular weight is 282 g/mol. The maximum Gasteiger partial charge on any atom is 0.250 e. The molecule has 5 nitrogen and oxygen atoms in total. The summed E-state index contributed by atoms with van der Waals surface area (Å²) in [6.45, 7) is 9.87. The molecule has 1 amide bonds. The number of nitrogens with one attached hydrogen (secondary N) is 1. The van der Waals surface area contributed by atoms with Crippen molar-refractivity contribution in [3.05, 3.63) is 36.0 Å². The van der Waals surface area contributed by atoms with E-state index in [9.17, 15) is 9.18 Å². The lowest BCUT2D eigenvalue weighted by atomic mass is 10.2. The Hall–Kier alpha value is -1.82. The Morgan fingerprint density at radius 1 is 1.35 bits per heavy atom. The van der Waals surface area contributed by atoms with E-state index in [1.807, 2.05) is 4.90 Å². The van der Waals surface area contributed by atoms with Gasteiger partial charge in [0, 0.05) is 38.8 Å². The summed E-state index contributed by atoms with van der Waals surface area (Å²) in [5.74, 6) is -1.04. The maximum atomic E-state index is 13.5. The van der Waals surface area contributed by atoms with Crippen molar-refractivity contribution < 1.29 is 9.18 Å². The Bertz CT molecular complexity index is 419. The van der Waals surface area contributed by atoms with Crippen LogP contribution in [-0.4, -0.2) is 55.5 Å². The molecule has 0 aliphatic carbocycles. The van der Waals surface area contributed by atoms with Gasteiger partial charge in [0.05, 0.1) is 5.70 Å². The Kier molecular flexibility index (Phi) is 6.24. The van der Waals surface area contributed by atoms with Crippen LogP contribution in [0.2, 0.25) is 0 Å². The maximum absolute atomic E-state index is 13.5. The van der Waals surface area contributed by atoms with Crippen LogP contribution in [0.5, 0.6) is 0 Å². The molecular formula is C14H23FN4O. The minimum atomic E-state index is -0.740. The molecule has 0 aromatic heterocycles. The van der Waals surface area contributed by atoms with Crippen molar-refractivity contribution in [2.24, 2.45) is 5.73 Å². The number of piperazine rings is 1. The van der Waals surface area contributed by atoms with E-state index in [-0.39, 0.29) is 11.5 Å². The second-order valence-corrected chi connectivity index (χ2v) is 4.59. The molecule has 1 saturated heterocycles. The number of rotatable bonds is 5. The molecule has 0 aromatic rings. The molecule has 0 saturated carbocycles. The van der Waals surface area contributed by atoms with Gasteiger partial charge in [-0.3, -0.25) is 4.79 Å². The molecule has 1 aliphatic heterocycles. The number of carbonyl (C=O) groups is 1. The topological polar surface area (TPSA) is 61.6 Å². The average Bonchev–Trinajstić information content (AvgIpc) is 2.46. The fourth-order valence-electron chi connectivity index (χ4n) is 2.06. The molecule has 0 aromatic carbocycles. The largest absolute Gasteiger partial charge is 0.374 e. The first kappa shape index (κ1) is 16.2. The normalized spacial score (nSPS) is 18.1. The van der Waals surface area contributed by atoms with Crippen molar-refractivity contribution in [1.29, 1.82) is 0 Å². The van der Waals surface area contributed by atoms with Gasteiger partial charge in [-0.1, -0.05) is 13.5 Å². The van der Waals surface area contributed by atoms with E-state index in [0.717, 1.165) is 19.6 Å². The lowest BCUT2D eigenvalue weighted by molar-refractivity contribution is -0.116. The molecular weight excluding hydrogens is 259 g/mol. The van der Waals surface area contributed by atoms with Gasteiger partial charge in [0.15, 0.2) is 0 Å². The van der Waals surface area contributed by atoms with Crippen molar-refractivity contribution in [3.8, 4) is 0 Å². The molecule has 0 spiro atoms. The van der Waals surface area contributed by atoms with Crippen LogP contribution in [0.15, 0.2) is 36.0 Å². The molecule has 0 bridgehead atoms. The quantitative estimate of drug-likeness (QED) is 0.440. The Balaban J connectivity index is 2.73. The number of amides is 1. The predicted molar refractivity (Wildman–Crippen MR) is 78.4 cm³/mol. The van der Waals surface area contributed by atoms with Gasteiger partial charge >= 0.3 is 0 Å². The van der Waals surface area contributed by atoms with Crippen LogP contribution in [0.1, 0.15) is 6.92 Å². The SMILES string of the molecule is C=C(/C=C\C(=C(/N)F)N1CCN(CC)CC1)C(=O)NC. The highest BCUT2D eigenvalue weighted by atomic mass is 19.1. The number of carbonyl (C=O) groups excluding carboxylic acids is 1. The highest BCUT2D eigenvalue weighted by Crippen LogP contribution is 2.14. The predicted octanol–water partition coefficient (Wildman–Crippen LogP) is 0.580. The number of halogens is 1. The van der Waals surface area contributed by atoms with Crippen LogP contribution in [0.3, 0.4) is 0 Å². The Labute approximate surface area is 119 Å². The first-order valence-corrected chi connectivity index (χ1v) is 6.71. The number of nitrogens with zero attached hydrogens (tertiary/aromatic N) is 2. The molecule has 1 aliphatic rings. The van der Waals surface area contributed by atoms with Crippen LogP contribution in [0.25, 0.3) is 0 Å². The highest BCUT2D eigenvalue weighted by molar-refractivity contribution is 5.95. The standard InChI is InChI=1S/C14H23FN4O/c1-4-18-7-9-19(10-8-18)12(13(15)16)6-5-11(2)14(20)17-3/h5-6H,2,4,7-10,16H2,1,3H3,(H,17,20)/b6-5-,13-12+. The second kappa shape index (κ2) is 7.69. The summed E-state index contributed by atoms with van der Waals surface area (Å²) in [6, 6.07) is 0.